The number of carboxylic acid groups (broad SMARTS) is 2. The first-order chi connectivity index (χ1) is 15.7. The number of carbonyl (C=O) groups is 5. The molecular weight excluding hydrogens is 434 g/mol. The lowest BCUT2D eigenvalue weighted by Gasteiger charge is -2.28. The quantitative estimate of drug-likeness (QED) is 0.179. The van der Waals surface area contributed by atoms with Gasteiger partial charge in [-0.2, -0.15) is 0 Å². The molecule has 0 aromatic rings. The lowest BCUT2D eigenvalue weighted by atomic mass is 10.1. The van der Waals surface area contributed by atoms with Crippen LogP contribution in [0.3, 0.4) is 0 Å². The van der Waals surface area contributed by atoms with Crippen molar-refractivity contribution < 1.29 is 34.2 Å². The zero-order chi connectivity index (χ0) is 24.4. The molecular formula is C21H35N5O7. The summed E-state index contributed by atoms with van der Waals surface area (Å²) >= 11 is 0. The third-order valence-corrected chi connectivity index (χ3v) is 6.04. The van der Waals surface area contributed by atoms with E-state index in [1.54, 1.807) is 4.90 Å². The minimum Gasteiger partial charge on any atom is -0.481 e. The fourth-order valence-electron chi connectivity index (χ4n) is 4.23. The van der Waals surface area contributed by atoms with Gasteiger partial charge >= 0.3 is 11.9 Å². The van der Waals surface area contributed by atoms with Crippen LogP contribution in [0, 0.1) is 0 Å². The third kappa shape index (κ3) is 7.97. The largest absolute Gasteiger partial charge is 0.481 e. The van der Waals surface area contributed by atoms with Crippen molar-refractivity contribution in [2.45, 2.75) is 82.0 Å². The number of unbranched alkanes of at least 4 members (excludes halogenated alkanes) is 1. The molecule has 0 aromatic heterocycles. The number of carboxylic acids is 2. The van der Waals surface area contributed by atoms with E-state index in [9.17, 15) is 29.1 Å². The Hall–Kier alpha value is -2.73. The molecule has 2 saturated heterocycles. The van der Waals surface area contributed by atoms with Crippen LogP contribution in [0.1, 0.15) is 57.8 Å². The predicted octanol–water partition coefficient (Wildman–Crippen LogP) is -1.22. The van der Waals surface area contributed by atoms with E-state index in [2.05, 4.69) is 16.0 Å². The Morgan fingerprint density at radius 2 is 1.76 bits per heavy atom. The summed E-state index contributed by atoms with van der Waals surface area (Å²) in [5.74, 6) is -3.80. The topological polar surface area (TPSA) is 191 Å². The van der Waals surface area contributed by atoms with E-state index in [1.807, 2.05) is 0 Å². The fourth-order valence-corrected chi connectivity index (χ4v) is 4.23. The molecule has 12 nitrogen and oxygen atoms in total. The van der Waals surface area contributed by atoms with Gasteiger partial charge in [-0.05, 0) is 64.5 Å². The maximum absolute atomic E-state index is 13.0. The van der Waals surface area contributed by atoms with Gasteiger partial charge in [-0.1, -0.05) is 0 Å². The molecule has 2 heterocycles. The Bertz CT molecular complexity index is 726. The normalized spacial score (nSPS) is 21.9. The van der Waals surface area contributed by atoms with Gasteiger partial charge in [0.25, 0.3) is 0 Å². The van der Waals surface area contributed by atoms with Crippen LogP contribution in [0.15, 0.2) is 0 Å². The number of amides is 3. The second kappa shape index (κ2) is 13.1. The molecule has 4 atom stereocenters. The molecule has 4 unspecified atom stereocenters. The molecule has 2 fully saturated rings. The summed E-state index contributed by atoms with van der Waals surface area (Å²) in [5.41, 5.74) is 5.52. The lowest BCUT2D eigenvalue weighted by molar-refractivity contribution is -0.144. The molecule has 2 rings (SSSR count). The third-order valence-electron chi connectivity index (χ3n) is 6.04. The van der Waals surface area contributed by atoms with E-state index < -0.39 is 48.3 Å². The molecule has 3 amide bonds. The highest BCUT2D eigenvalue weighted by Crippen LogP contribution is 2.21. The fraction of sp³-hybridized carbons (Fsp3) is 0.762. The van der Waals surface area contributed by atoms with E-state index in [1.165, 1.54) is 0 Å². The summed E-state index contributed by atoms with van der Waals surface area (Å²) in [4.78, 5) is 62.4. The van der Waals surface area contributed by atoms with Crippen molar-refractivity contribution in [1.29, 1.82) is 0 Å². The minimum absolute atomic E-state index is 0.117. The van der Waals surface area contributed by atoms with Crippen LogP contribution < -0.4 is 21.7 Å². The van der Waals surface area contributed by atoms with Crippen molar-refractivity contribution in [3.05, 3.63) is 0 Å². The maximum atomic E-state index is 13.0. The van der Waals surface area contributed by atoms with Gasteiger partial charge in [0.2, 0.25) is 17.7 Å². The number of hydrogen-bond donors (Lipinski definition) is 6. The molecule has 0 radical (unpaired) electrons. The van der Waals surface area contributed by atoms with E-state index >= 15 is 0 Å². The van der Waals surface area contributed by atoms with Gasteiger partial charge in [0.05, 0.1) is 6.04 Å². The molecule has 0 spiro atoms. The van der Waals surface area contributed by atoms with Crippen LogP contribution in [0.25, 0.3) is 0 Å². The first kappa shape index (κ1) is 26.5. The van der Waals surface area contributed by atoms with Gasteiger partial charge in [-0.25, -0.2) is 4.79 Å². The number of nitrogens with zero attached hydrogens (tertiary/aromatic N) is 1. The summed E-state index contributed by atoms with van der Waals surface area (Å²) in [6.45, 7) is 1.63. The van der Waals surface area contributed by atoms with Gasteiger partial charge in [0, 0.05) is 13.0 Å². The molecule has 2 aliphatic heterocycles. The minimum atomic E-state index is -1.39. The first-order valence-corrected chi connectivity index (χ1v) is 11.5. The summed E-state index contributed by atoms with van der Waals surface area (Å²) < 4.78 is 0. The van der Waals surface area contributed by atoms with Crippen molar-refractivity contribution in [3.8, 4) is 0 Å². The Labute approximate surface area is 192 Å². The van der Waals surface area contributed by atoms with Crippen LogP contribution in [0.5, 0.6) is 0 Å². The zero-order valence-electron chi connectivity index (χ0n) is 18.8. The van der Waals surface area contributed by atoms with Gasteiger partial charge in [0.15, 0.2) is 0 Å². The molecule has 2 aliphatic rings. The molecule has 12 heteroatoms. The SMILES string of the molecule is NCCCCC(NC(=O)C1CCCN1C(=O)C1CCCN1)C(=O)NC(CCC(=O)O)C(=O)O. The highest BCUT2D eigenvalue weighted by atomic mass is 16.4. The van der Waals surface area contributed by atoms with E-state index in [0.717, 1.165) is 19.4 Å². The molecule has 0 bridgehead atoms. The molecule has 0 saturated carbocycles. The number of hydrogen-bond acceptors (Lipinski definition) is 7. The van der Waals surface area contributed by atoms with E-state index in [0.29, 0.717) is 38.8 Å². The summed E-state index contributed by atoms with van der Waals surface area (Å²) in [6.07, 6.45) is 3.47. The lowest BCUT2D eigenvalue weighted by Crippen LogP contribution is -2.56. The second-order valence-corrected chi connectivity index (χ2v) is 8.52. The molecule has 186 valence electrons. The number of carbonyl (C=O) groups excluding carboxylic acids is 3. The standard InChI is InChI=1S/C21H35N5O7/c22-10-2-1-5-13(18(29)25-15(21(32)33)8-9-17(27)28)24-19(30)16-7-4-12-26(16)20(31)14-6-3-11-23-14/h13-16,23H,1-12,22H2,(H,24,30)(H,25,29)(H,27,28)(H,32,33). The van der Waals surface area contributed by atoms with Crippen LogP contribution in [0.4, 0.5) is 0 Å². The van der Waals surface area contributed by atoms with Crippen LogP contribution in [-0.2, 0) is 24.0 Å². The molecule has 0 aliphatic carbocycles. The Kier molecular flexibility index (Phi) is 10.5. The van der Waals surface area contributed by atoms with Crippen LogP contribution in [-0.4, -0.2) is 88.6 Å². The predicted molar refractivity (Wildman–Crippen MR) is 117 cm³/mol. The first-order valence-electron chi connectivity index (χ1n) is 11.5. The molecule has 33 heavy (non-hydrogen) atoms. The highest BCUT2D eigenvalue weighted by Gasteiger charge is 2.39. The van der Waals surface area contributed by atoms with Crippen LogP contribution >= 0.6 is 0 Å². The Morgan fingerprint density at radius 3 is 2.36 bits per heavy atom. The van der Waals surface area contributed by atoms with E-state index in [-0.39, 0.29) is 24.8 Å². The number of nitrogens with two attached hydrogens (primary N) is 1. The smallest absolute Gasteiger partial charge is 0.326 e. The zero-order valence-corrected chi connectivity index (χ0v) is 18.8. The van der Waals surface area contributed by atoms with Crippen molar-refractivity contribution in [3.63, 3.8) is 0 Å². The van der Waals surface area contributed by atoms with Crippen molar-refractivity contribution in [2.24, 2.45) is 5.73 Å². The van der Waals surface area contributed by atoms with Crippen molar-refractivity contribution in [1.82, 2.24) is 20.9 Å². The number of nitrogens with one attached hydrogen (secondary N) is 3. The number of rotatable bonds is 13. The van der Waals surface area contributed by atoms with Crippen molar-refractivity contribution >= 4 is 29.7 Å². The number of aliphatic carboxylic acids is 2. The van der Waals surface area contributed by atoms with Crippen molar-refractivity contribution in [2.75, 3.05) is 19.6 Å². The Morgan fingerprint density at radius 1 is 1.00 bits per heavy atom. The monoisotopic (exact) mass is 469 g/mol. The summed E-state index contributed by atoms with van der Waals surface area (Å²) in [6, 6.07) is -3.39. The molecule has 0 aromatic carbocycles. The summed E-state index contributed by atoms with van der Waals surface area (Å²) in [5, 5.41) is 26.3. The van der Waals surface area contributed by atoms with Gasteiger partial charge in [-0.3, -0.25) is 19.2 Å². The van der Waals surface area contributed by atoms with Gasteiger partial charge in [-0.15, -0.1) is 0 Å². The summed E-state index contributed by atoms with van der Waals surface area (Å²) in [7, 11) is 0. The average molecular weight is 470 g/mol. The van der Waals surface area contributed by atoms with Crippen LogP contribution in [0.2, 0.25) is 0 Å². The molecule has 7 N–H and O–H groups in total. The maximum Gasteiger partial charge on any atom is 0.326 e. The van der Waals surface area contributed by atoms with E-state index in [4.69, 9.17) is 10.8 Å². The van der Waals surface area contributed by atoms with Gasteiger partial charge < -0.3 is 36.8 Å². The Balaban J connectivity index is 2.04. The second-order valence-electron chi connectivity index (χ2n) is 8.52. The average Bonchev–Trinajstić information content (AvgIpc) is 3.47. The highest BCUT2D eigenvalue weighted by molar-refractivity contribution is 5.94. The van der Waals surface area contributed by atoms with Gasteiger partial charge in [0.1, 0.15) is 18.1 Å². The number of likely N-dealkylation sites (tertiary alicyclic amines) is 1.